The summed E-state index contributed by atoms with van der Waals surface area (Å²) >= 11 is 1.56. The Kier molecular flexibility index (Phi) is 28.6. The topological polar surface area (TPSA) is 351 Å². The molecule has 5 amide bonds. The van der Waals surface area contributed by atoms with Gasteiger partial charge >= 0.3 is 23.9 Å². The zero-order valence-corrected chi connectivity index (χ0v) is 72.8. The van der Waals surface area contributed by atoms with Crippen LogP contribution in [0.4, 0.5) is 22.7 Å². The van der Waals surface area contributed by atoms with E-state index in [1.165, 1.54) is 20.0 Å². The SMILES string of the molecule is CCOC(=O)c1c(N2CCN(C(=O)C3CCC(=O)N3)CC2)c2ccccc2n(C)c1=O.CCOC(=O)c1c(N2CCN(C(=O)C3CCCN3)CC2)c2ccccc2n(C)c1=O.CCOC(=O)c1c(N2CCN(C(=O)C3CCCO3)CC2)c2ccccc2n(C)c1=O.CCOC(=O)c1c(N2CCN(C(=O)c3ccco3)CC2)c2ccccc2n(Cc2ccsc2)c1=O. The predicted molar refractivity (Wildman–Crippen MR) is 477 cm³/mol. The summed E-state index contributed by atoms with van der Waals surface area (Å²) in [5, 5.41) is 13.2. The average Bonchev–Trinajstić information content (AvgIpc) is 0.831. The minimum absolute atomic E-state index is 0.0193. The number of carbonyl (C=O) groups excluding carboxylic acids is 9. The van der Waals surface area contributed by atoms with E-state index in [0.29, 0.717) is 159 Å². The molecule has 664 valence electrons. The molecule has 126 heavy (non-hydrogen) atoms. The molecule has 34 heteroatoms. The van der Waals surface area contributed by atoms with Crippen molar-refractivity contribution in [2.75, 3.05) is 164 Å². The van der Waals surface area contributed by atoms with Gasteiger partial charge in [0.25, 0.3) is 34.1 Å². The highest BCUT2D eigenvalue weighted by Gasteiger charge is 2.39. The number of thiophene rings is 1. The van der Waals surface area contributed by atoms with Gasteiger partial charge < -0.3 is 96.2 Å². The molecular formula is C92H106N14O19S. The number of hydrogen-bond acceptors (Lipinski definition) is 25. The Bertz CT molecular complexity index is 5810. The Morgan fingerprint density at radius 2 is 0.810 bits per heavy atom. The van der Waals surface area contributed by atoms with Gasteiger partial charge in [0.1, 0.15) is 34.4 Å². The van der Waals surface area contributed by atoms with E-state index in [9.17, 15) is 62.3 Å². The Morgan fingerprint density at radius 1 is 0.421 bits per heavy atom. The average molecular weight is 1740 g/mol. The maximum atomic E-state index is 13.8. The molecule has 0 saturated carbocycles. The number of esters is 4. The molecule has 7 fully saturated rings. The number of hydrogen-bond donors (Lipinski definition) is 2. The fourth-order valence-corrected chi connectivity index (χ4v) is 18.3. The molecule has 0 spiro atoms. The summed E-state index contributed by atoms with van der Waals surface area (Å²) in [7, 11) is 4.97. The van der Waals surface area contributed by atoms with E-state index in [4.69, 9.17) is 28.1 Å². The van der Waals surface area contributed by atoms with Crippen molar-refractivity contribution in [1.82, 2.24) is 48.5 Å². The van der Waals surface area contributed by atoms with Crippen molar-refractivity contribution in [3.8, 4) is 0 Å². The molecule has 3 atom stereocenters. The molecule has 6 aromatic heterocycles. The van der Waals surface area contributed by atoms with Crippen molar-refractivity contribution in [2.24, 2.45) is 21.1 Å². The van der Waals surface area contributed by atoms with Gasteiger partial charge in [-0.1, -0.05) is 72.8 Å². The van der Waals surface area contributed by atoms with Crippen LogP contribution in [0, 0.1) is 0 Å². The number of nitrogens with zero attached hydrogens (tertiary/aromatic N) is 12. The van der Waals surface area contributed by atoms with Crippen LogP contribution in [0.15, 0.2) is 156 Å². The van der Waals surface area contributed by atoms with Crippen molar-refractivity contribution in [3.05, 3.63) is 207 Å². The highest BCUT2D eigenvalue weighted by molar-refractivity contribution is 7.08. The van der Waals surface area contributed by atoms with Crippen molar-refractivity contribution >= 4 is 131 Å². The van der Waals surface area contributed by atoms with E-state index in [0.717, 1.165) is 81.4 Å². The normalized spacial score (nSPS) is 17.7. The number of fused-ring (bicyclic) bond motifs is 4. The van der Waals surface area contributed by atoms with Crippen LogP contribution in [0.5, 0.6) is 0 Å². The molecule has 7 saturated heterocycles. The minimum atomic E-state index is -0.643. The molecule has 13 heterocycles. The lowest BCUT2D eigenvalue weighted by molar-refractivity contribution is -0.141. The van der Waals surface area contributed by atoms with E-state index in [-0.39, 0.29) is 107 Å². The summed E-state index contributed by atoms with van der Waals surface area (Å²) in [6.45, 7) is 17.5. The highest BCUT2D eigenvalue weighted by atomic mass is 32.1. The number of nitrogens with one attached hydrogen (secondary N) is 2. The van der Waals surface area contributed by atoms with E-state index in [1.54, 1.807) is 86.7 Å². The van der Waals surface area contributed by atoms with Crippen LogP contribution < -0.4 is 52.5 Å². The van der Waals surface area contributed by atoms with Crippen molar-refractivity contribution in [3.63, 3.8) is 0 Å². The zero-order chi connectivity index (χ0) is 89.0. The molecule has 2 N–H and O–H groups in total. The summed E-state index contributed by atoms with van der Waals surface area (Å²) in [6.07, 6.45) is 5.62. The number of aryl methyl sites for hydroxylation is 3. The molecular weight excluding hydrogens is 1640 g/mol. The van der Waals surface area contributed by atoms with Gasteiger partial charge in [0.05, 0.1) is 90.1 Å². The van der Waals surface area contributed by atoms with Crippen LogP contribution >= 0.6 is 11.3 Å². The Balaban J connectivity index is 0.000000137. The van der Waals surface area contributed by atoms with E-state index >= 15 is 0 Å². The molecule has 0 bridgehead atoms. The van der Waals surface area contributed by atoms with Crippen LogP contribution in [-0.2, 0) is 70.6 Å². The van der Waals surface area contributed by atoms with Crippen LogP contribution in [0.25, 0.3) is 43.6 Å². The number of carbonyl (C=O) groups is 9. The van der Waals surface area contributed by atoms with E-state index in [1.807, 2.05) is 143 Å². The highest BCUT2D eigenvalue weighted by Crippen LogP contribution is 2.37. The van der Waals surface area contributed by atoms with Crippen molar-refractivity contribution in [1.29, 1.82) is 0 Å². The minimum Gasteiger partial charge on any atom is -0.462 e. The quantitative estimate of drug-likeness (QED) is 0.0636. The predicted octanol–water partition coefficient (Wildman–Crippen LogP) is 7.14. The van der Waals surface area contributed by atoms with Crippen LogP contribution in [0.2, 0.25) is 0 Å². The Hall–Kier alpha value is -13.0. The number of anilines is 4. The number of amides is 5. The summed E-state index contributed by atoms with van der Waals surface area (Å²) < 4.78 is 37.8. The van der Waals surface area contributed by atoms with E-state index < -0.39 is 35.5 Å². The smallest absolute Gasteiger partial charge is 0.345 e. The summed E-state index contributed by atoms with van der Waals surface area (Å²) in [6, 6.07) is 34.9. The number of aromatic nitrogens is 4. The second kappa shape index (κ2) is 40.4. The van der Waals surface area contributed by atoms with Gasteiger partial charge in [-0.05, 0) is 125 Å². The number of piperazine rings is 4. The zero-order valence-electron chi connectivity index (χ0n) is 72.0. The summed E-state index contributed by atoms with van der Waals surface area (Å²) in [4.78, 5) is 182. The molecule has 7 aliphatic heterocycles. The molecule has 33 nitrogen and oxygen atoms in total. The third kappa shape index (κ3) is 18.7. The molecule has 17 rings (SSSR count). The Morgan fingerprint density at radius 3 is 1.17 bits per heavy atom. The Labute approximate surface area is 730 Å². The fourth-order valence-electron chi connectivity index (χ4n) is 17.7. The lowest BCUT2D eigenvalue weighted by Crippen LogP contribution is -2.53. The first-order chi connectivity index (χ1) is 61.0. The lowest BCUT2D eigenvalue weighted by atomic mass is 10.1. The van der Waals surface area contributed by atoms with Crippen LogP contribution in [0.3, 0.4) is 0 Å². The first-order valence-corrected chi connectivity index (χ1v) is 44.0. The number of furan rings is 1. The molecule has 0 aliphatic carbocycles. The number of para-hydroxylation sites is 4. The third-order valence-corrected chi connectivity index (χ3v) is 24.7. The second-order valence-electron chi connectivity index (χ2n) is 31.5. The second-order valence-corrected chi connectivity index (χ2v) is 32.2. The maximum Gasteiger partial charge on any atom is 0.345 e. The maximum absolute atomic E-state index is 13.8. The molecule has 7 aliphatic rings. The van der Waals surface area contributed by atoms with Gasteiger partial charge in [-0.3, -0.25) is 43.2 Å². The first kappa shape index (κ1) is 89.3. The van der Waals surface area contributed by atoms with Gasteiger partial charge in [0, 0.05) is 160 Å². The van der Waals surface area contributed by atoms with Gasteiger partial charge in [-0.25, -0.2) is 19.2 Å². The number of rotatable bonds is 18. The third-order valence-electron chi connectivity index (χ3n) is 24.0. The number of benzene rings is 4. The number of pyridine rings is 4. The monoisotopic (exact) mass is 1740 g/mol. The molecule has 4 aromatic carbocycles. The van der Waals surface area contributed by atoms with E-state index in [2.05, 4.69) is 10.6 Å². The first-order valence-electron chi connectivity index (χ1n) is 43.1. The number of ether oxygens (including phenoxy) is 5. The van der Waals surface area contributed by atoms with Crippen LogP contribution in [-0.4, -0.2) is 254 Å². The molecule has 3 unspecified atom stereocenters. The van der Waals surface area contributed by atoms with Gasteiger partial charge in [-0.15, -0.1) is 0 Å². The standard InChI is InChI=1S/C26H25N3O5S.C22H26N4O5.C22H28N4O4.C22H27N3O5/c1-2-33-26(32)22-23(27-10-12-28(13-11-27)24(30)21-8-5-14-34-21)19-6-3-4-7-20(19)29(25(22)31)16-18-9-15-35-17-18;1-3-31-22(30)18-19(14-6-4-5-7-16(14)24(2)21(18)29)25-10-12-26(13-11-25)20(28)15-8-9-17(27)23-15;1-3-30-22(29)18-19(15-7-4-5-9-17(15)24(2)21(18)28)25-11-13-26(14-12-25)20(27)16-8-6-10-23-16;1-3-29-22(28)18-19(15-7-4-5-8-16(15)23(2)21(18)27)24-10-12-25(13-11-24)20(26)17-9-6-14-30-17/h3-9,14-15,17H,2,10-13,16H2,1H3;4-7,15H,3,8-13H2,1-2H3,(H,23,27);4-5,7,9,16,23H,3,6,8,10-14H2,1-2H3;4-5,7-8,17H,3,6,9-14H2,1-2H3. The van der Waals surface area contributed by atoms with Crippen LogP contribution in [0.1, 0.15) is 124 Å². The lowest BCUT2D eigenvalue weighted by Gasteiger charge is -2.38. The molecule has 10 aromatic rings. The van der Waals surface area contributed by atoms with Crippen molar-refractivity contribution in [2.45, 2.75) is 91.0 Å². The largest absolute Gasteiger partial charge is 0.462 e. The summed E-state index contributed by atoms with van der Waals surface area (Å²) in [5.74, 6) is -2.36. The molecule has 0 radical (unpaired) electrons. The fraction of sp³-hybridized carbons (Fsp3) is 0.424. The van der Waals surface area contributed by atoms with Gasteiger partial charge in [-0.2, -0.15) is 11.3 Å². The van der Waals surface area contributed by atoms with Crippen molar-refractivity contribution < 1.29 is 71.3 Å². The summed E-state index contributed by atoms with van der Waals surface area (Å²) in [5.41, 5.74) is 4.96. The van der Waals surface area contributed by atoms with Gasteiger partial charge in [0.15, 0.2) is 5.76 Å². The van der Waals surface area contributed by atoms with Gasteiger partial charge in [0.2, 0.25) is 17.7 Å².